The molecule has 1 fully saturated rings. The number of aromatic nitrogens is 2. The maximum Gasteiger partial charge on any atom is 0.351 e. The molecule has 2 aliphatic heterocycles. The summed E-state index contributed by atoms with van der Waals surface area (Å²) in [6, 6.07) is 0.483. The number of anilines is 1. The molecule has 0 bridgehead atoms. The number of carboxylic acid groups (broad SMARTS) is 1. The predicted octanol–water partition coefficient (Wildman–Crippen LogP) is -0.855. The van der Waals surface area contributed by atoms with Gasteiger partial charge in [0, 0.05) is 18.4 Å². The van der Waals surface area contributed by atoms with E-state index >= 15 is 0 Å². The van der Waals surface area contributed by atoms with Crippen molar-refractivity contribution in [1.82, 2.24) is 9.55 Å². The summed E-state index contributed by atoms with van der Waals surface area (Å²) in [7, 11) is 0. The van der Waals surface area contributed by atoms with E-state index in [1.165, 1.54) is 16.3 Å². The SMILES string of the molecule is N[C@H](C(=O)O)[C@@H]1CC(Cl)=NO1.Nc1ccn([C@@H]2CS[C@H](CO)O2)c(=O)n1. The largest absolute Gasteiger partial charge is 0.480 e. The van der Waals surface area contributed by atoms with Crippen LogP contribution in [-0.2, 0) is 14.4 Å². The molecule has 1 aromatic rings. The van der Waals surface area contributed by atoms with Crippen molar-refractivity contribution in [2.75, 3.05) is 18.1 Å². The zero-order valence-corrected chi connectivity index (χ0v) is 15.0. The van der Waals surface area contributed by atoms with Crippen LogP contribution in [0.15, 0.2) is 22.2 Å². The van der Waals surface area contributed by atoms with Crippen molar-refractivity contribution in [2.24, 2.45) is 10.9 Å². The summed E-state index contributed by atoms with van der Waals surface area (Å²) in [5.74, 6) is -0.298. The van der Waals surface area contributed by atoms with Gasteiger partial charge in [0.25, 0.3) is 0 Å². The van der Waals surface area contributed by atoms with E-state index in [9.17, 15) is 9.59 Å². The summed E-state index contributed by atoms with van der Waals surface area (Å²) in [5, 5.41) is 20.9. The monoisotopic (exact) mass is 407 g/mol. The molecule has 3 heterocycles. The summed E-state index contributed by atoms with van der Waals surface area (Å²) in [6.45, 7) is -0.0572. The van der Waals surface area contributed by atoms with E-state index in [2.05, 4.69) is 15.0 Å². The third kappa shape index (κ3) is 5.32. The van der Waals surface area contributed by atoms with E-state index in [1.54, 1.807) is 12.3 Å². The molecule has 2 aliphatic rings. The maximum absolute atomic E-state index is 11.4. The quantitative estimate of drug-likeness (QED) is 0.491. The number of rotatable bonds is 4. The van der Waals surface area contributed by atoms with Crippen LogP contribution >= 0.6 is 23.4 Å². The molecule has 26 heavy (non-hydrogen) atoms. The van der Waals surface area contributed by atoms with Gasteiger partial charge in [0.1, 0.15) is 28.7 Å². The normalized spacial score (nSPS) is 25.7. The fourth-order valence-electron chi connectivity index (χ4n) is 2.05. The first-order valence-electron chi connectivity index (χ1n) is 7.41. The second-order valence-corrected chi connectivity index (χ2v) is 6.89. The number of hydrogen-bond acceptors (Lipinski definition) is 10. The molecular formula is C13H18ClN5O6S. The van der Waals surface area contributed by atoms with Crippen molar-refractivity contribution in [3.63, 3.8) is 0 Å². The van der Waals surface area contributed by atoms with Gasteiger partial charge in [0.05, 0.1) is 6.61 Å². The van der Waals surface area contributed by atoms with Crippen molar-refractivity contribution in [2.45, 2.75) is 30.2 Å². The molecule has 3 rings (SSSR count). The van der Waals surface area contributed by atoms with Crippen LogP contribution in [-0.4, -0.2) is 60.8 Å². The Bertz CT molecular complexity index is 731. The van der Waals surface area contributed by atoms with E-state index < -0.39 is 23.8 Å². The predicted molar refractivity (Wildman–Crippen MR) is 94.8 cm³/mol. The maximum atomic E-state index is 11.4. The van der Waals surface area contributed by atoms with E-state index in [4.69, 9.17) is 38.0 Å². The lowest BCUT2D eigenvalue weighted by molar-refractivity contribution is -0.141. The second-order valence-electron chi connectivity index (χ2n) is 5.26. The highest BCUT2D eigenvalue weighted by Gasteiger charge is 2.31. The van der Waals surface area contributed by atoms with Crippen LogP contribution in [0.5, 0.6) is 0 Å². The van der Waals surface area contributed by atoms with Crippen LogP contribution in [0.1, 0.15) is 12.6 Å². The van der Waals surface area contributed by atoms with Gasteiger partial charge in [0.15, 0.2) is 6.10 Å². The zero-order chi connectivity index (χ0) is 19.3. The van der Waals surface area contributed by atoms with Gasteiger partial charge in [-0.15, -0.1) is 11.8 Å². The number of halogens is 1. The third-order valence-corrected chi connectivity index (χ3v) is 4.72. The molecule has 0 radical (unpaired) electrons. The van der Waals surface area contributed by atoms with Crippen molar-refractivity contribution >= 4 is 40.3 Å². The molecule has 0 spiro atoms. The van der Waals surface area contributed by atoms with Crippen LogP contribution in [0.3, 0.4) is 0 Å². The standard InChI is InChI=1S/C8H11N3O3S.C5H7ClN2O3/c9-5-1-2-11(8(13)10-5)6-4-15-7(3-12)14-6;6-3-1-2(11-8-3)4(7)5(9)10/h1-2,6-7,12H,3-4H2,(H2,9,10,13);2,4H,1,7H2,(H,9,10)/t6-,7+;2-,4-/m00/s1. The average molecular weight is 408 g/mol. The summed E-state index contributed by atoms with van der Waals surface area (Å²) in [6.07, 6.45) is 0.831. The zero-order valence-electron chi connectivity index (χ0n) is 13.4. The molecule has 6 N–H and O–H groups in total. The molecule has 0 aromatic carbocycles. The van der Waals surface area contributed by atoms with E-state index in [0.717, 1.165) is 0 Å². The molecular weight excluding hydrogens is 390 g/mol. The van der Waals surface area contributed by atoms with Gasteiger partial charge in [0.2, 0.25) is 0 Å². The Morgan fingerprint density at radius 2 is 2.31 bits per heavy atom. The Morgan fingerprint density at radius 1 is 1.58 bits per heavy atom. The number of aliphatic hydroxyl groups is 1. The van der Waals surface area contributed by atoms with Gasteiger partial charge in [-0.3, -0.25) is 9.36 Å². The minimum atomic E-state index is -1.11. The molecule has 0 unspecified atom stereocenters. The Balaban J connectivity index is 0.000000197. The number of carboxylic acids is 1. The van der Waals surface area contributed by atoms with Gasteiger partial charge >= 0.3 is 11.7 Å². The molecule has 1 aromatic heterocycles. The molecule has 144 valence electrons. The van der Waals surface area contributed by atoms with Crippen LogP contribution in [0.2, 0.25) is 0 Å². The number of ether oxygens (including phenoxy) is 1. The van der Waals surface area contributed by atoms with Gasteiger partial charge in [-0.2, -0.15) is 4.98 Å². The first kappa shape index (κ1) is 20.5. The number of oxime groups is 1. The van der Waals surface area contributed by atoms with Crippen LogP contribution in [0.4, 0.5) is 5.82 Å². The Kier molecular flexibility index (Phi) is 7.23. The molecule has 0 amide bonds. The molecule has 0 saturated carbocycles. The van der Waals surface area contributed by atoms with E-state index in [1.807, 2.05) is 0 Å². The summed E-state index contributed by atoms with van der Waals surface area (Å²) in [4.78, 5) is 30.0. The topological polar surface area (TPSA) is 175 Å². The molecule has 13 heteroatoms. The number of nitrogens with zero attached hydrogens (tertiary/aromatic N) is 3. The van der Waals surface area contributed by atoms with Gasteiger partial charge in [-0.05, 0) is 6.07 Å². The first-order valence-corrected chi connectivity index (χ1v) is 8.83. The fraction of sp³-hybridized carbons (Fsp3) is 0.538. The number of aliphatic hydroxyl groups excluding tert-OH is 1. The van der Waals surface area contributed by atoms with Crippen LogP contribution in [0.25, 0.3) is 0 Å². The number of aliphatic carboxylic acids is 1. The Hall–Kier alpha value is -1.86. The lowest BCUT2D eigenvalue weighted by atomic mass is 10.1. The smallest absolute Gasteiger partial charge is 0.351 e. The van der Waals surface area contributed by atoms with Gasteiger partial charge in [-0.1, -0.05) is 16.8 Å². The van der Waals surface area contributed by atoms with Gasteiger partial charge < -0.3 is 31.3 Å². The molecule has 1 saturated heterocycles. The van der Waals surface area contributed by atoms with Crippen molar-refractivity contribution < 1.29 is 24.6 Å². The molecule has 11 nitrogen and oxygen atoms in total. The Morgan fingerprint density at radius 3 is 2.81 bits per heavy atom. The average Bonchev–Trinajstić information content (AvgIpc) is 3.23. The van der Waals surface area contributed by atoms with Gasteiger partial charge in [-0.25, -0.2) is 4.79 Å². The fourth-order valence-corrected chi connectivity index (χ4v) is 3.17. The van der Waals surface area contributed by atoms with E-state index in [-0.39, 0.29) is 35.7 Å². The number of nitrogen functional groups attached to an aromatic ring is 1. The number of nitrogens with two attached hydrogens (primary N) is 2. The molecule has 0 aliphatic carbocycles. The van der Waals surface area contributed by atoms with Crippen molar-refractivity contribution in [3.05, 3.63) is 22.7 Å². The highest BCUT2D eigenvalue weighted by Crippen LogP contribution is 2.30. The lowest BCUT2D eigenvalue weighted by Gasteiger charge is -2.13. The van der Waals surface area contributed by atoms with Crippen LogP contribution in [0, 0.1) is 0 Å². The summed E-state index contributed by atoms with van der Waals surface area (Å²) < 4.78 is 6.79. The summed E-state index contributed by atoms with van der Waals surface area (Å²) >= 11 is 6.90. The van der Waals surface area contributed by atoms with Crippen molar-refractivity contribution in [1.29, 1.82) is 0 Å². The highest BCUT2D eigenvalue weighted by molar-refractivity contribution is 8.00. The lowest BCUT2D eigenvalue weighted by Crippen LogP contribution is -2.41. The van der Waals surface area contributed by atoms with E-state index in [0.29, 0.717) is 5.75 Å². The Labute approximate surface area is 156 Å². The second kappa shape index (κ2) is 9.19. The van der Waals surface area contributed by atoms with Crippen molar-refractivity contribution in [3.8, 4) is 0 Å². The third-order valence-electron chi connectivity index (χ3n) is 3.39. The minimum Gasteiger partial charge on any atom is -0.480 e. The number of hydrogen-bond donors (Lipinski definition) is 4. The number of thioether (sulfide) groups is 1. The highest BCUT2D eigenvalue weighted by atomic mass is 35.5. The molecule has 4 atom stereocenters. The first-order chi connectivity index (χ1) is 12.3. The minimum absolute atomic E-state index is 0.0572. The number of carbonyl (C=O) groups is 1. The summed E-state index contributed by atoms with van der Waals surface area (Å²) in [5.41, 5.74) is 9.90. The van der Waals surface area contributed by atoms with Crippen LogP contribution < -0.4 is 17.2 Å².